The van der Waals surface area contributed by atoms with Crippen molar-refractivity contribution in [3.8, 4) is 0 Å². The van der Waals surface area contributed by atoms with Crippen molar-refractivity contribution in [2.24, 2.45) is 40.6 Å². The van der Waals surface area contributed by atoms with Crippen LogP contribution in [-0.4, -0.2) is 80.2 Å². The highest BCUT2D eigenvalue weighted by Gasteiger charge is 2.87. The number of rotatable bonds is 15. The third-order valence-corrected chi connectivity index (χ3v) is 12.7. The summed E-state index contributed by atoms with van der Waals surface area (Å²) in [5, 5.41) is 8.09. The molecule has 4 unspecified atom stereocenters. The van der Waals surface area contributed by atoms with Gasteiger partial charge in [-0.2, -0.15) is 0 Å². The maximum absolute atomic E-state index is 14.4. The van der Waals surface area contributed by atoms with Gasteiger partial charge in [0.25, 0.3) is 5.60 Å². The quantitative estimate of drug-likeness (QED) is 0.0337. The molecule has 2 heterocycles. The molecule has 2 aliphatic heterocycles. The summed E-state index contributed by atoms with van der Waals surface area (Å²) < 4.78 is 12.3. The van der Waals surface area contributed by atoms with Gasteiger partial charge >= 0.3 is 11.9 Å². The third-order valence-electron chi connectivity index (χ3n) is 12.7. The number of quaternary nitrogens is 2. The van der Waals surface area contributed by atoms with E-state index in [1.807, 2.05) is 7.05 Å². The van der Waals surface area contributed by atoms with Crippen LogP contribution in [0.3, 0.4) is 0 Å². The Balaban J connectivity index is 1.45. The lowest BCUT2D eigenvalue weighted by molar-refractivity contribution is -0.699. The standard InChI is InChI=1S/C37H62N6O5/c1-5-7-12-25(22-41-6-2)23-47-33(46)37-32(45)28-14-9-8-13-27(28)31(44)36(37,48-37)19-15-24(3)35(17-10-11-18-35)30(43-34(39)40-4)26-16-20-42-29(38)21-26/h15,25-30,41-42H,5-14,16-23,38H2,1-4H3,(H3,39,40,43)/p+3/t25-,26?,27?,28?,29?,30+,36+,37+/m1/s1. The normalized spacial score (nSPS) is 34.6. The Bertz CT molecular complexity index is 1220. The molecule has 5 rings (SSSR count). The molecule has 0 spiro atoms. The second-order valence-electron chi connectivity index (χ2n) is 15.6. The van der Waals surface area contributed by atoms with E-state index in [4.69, 9.17) is 20.9 Å². The topological polar surface area (TPSA) is 184 Å². The maximum Gasteiger partial charge on any atom is 0.350 e. The Hall–Kier alpha value is -2.34. The molecule has 0 aromatic carbocycles. The van der Waals surface area contributed by atoms with E-state index in [2.05, 4.69) is 47.8 Å². The molecule has 3 saturated carbocycles. The lowest BCUT2D eigenvalue weighted by Crippen LogP contribution is -2.95. The van der Waals surface area contributed by atoms with Gasteiger partial charge in [-0.25, -0.2) is 4.79 Å². The highest BCUT2D eigenvalue weighted by molar-refractivity contribution is 6.23. The van der Waals surface area contributed by atoms with Crippen molar-refractivity contribution in [1.82, 2.24) is 5.32 Å². The van der Waals surface area contributed by atoms with E-state index in [1.54, 1.807) is 0 Å². The number of epoxide rings is 1. The summed E-state index contributed by atoms with van der Waals surface area (Å²) in [5.74, 6) is -0.763. The predicted octanol–water partition coefficient (Wildman–Crippen LogP) is -0.476. The number of ether oxygens (including phenoxy) is 2. The first-order valence-electron chi connectivity index (χ1n) is 19.2. The van der Waals surface area contributed by atoms with Crippen LogP contribution >= 0.6 is 0 Å². The second kappa shape index (κ2) is 15.7. The van der Waals surface area contributed by atoms with Gasteiger partial charge in [0.05, 0.1) is 39.3 Å². The number of piperidine rings is 1. The summed E-state index contributed by atoms with van der Waals surface area (Å²) >= 11 is 0. The SMILES string of the molecule is CCCC[C@H](C[NH2+]CC)COC(=O)[C@]12O[C@@]1(CC=C(C)C1([C@@H](NC(N)=[NH+]C)C3CC[NH2+]C(N)C3)CCCC1)C(=O)C1CCCCC1C2=O. The predicted molar refractivity (Wildman–Crippen MR) is 183 cm³/mol. The van der Waals surface area contributed by atoms with E-state index in [0.717, 1.165) is 95.8 Å². The number of ketones is 2. The smallest absolute Gasteiger partial charge is 0.350 e. The molecule has 0 radical (unpaired) electrons. The molecule has 48 heavy (non-hydrogen) atoms. The zero-order valence-corrected chi connectivity index (χ0v) is 30.1. The molecule has 0 aromatic rings. The molecule has 2 saturated heterocycles. The summed E-state index contributed by atoms with van der Waals surface area (Å²) in [7, 11) is 1.82. The molecule has 0 bridgehead atoms. The molecule has 10 N–H and O–H groups in total. The Morgan fingerprint density at radius 2 is 1.85 bits per heavy atom. The molecule has 11 heteroatoms. The highest BCUT2D eigenvalue weighted by Crippen LogP contribution is 2.62. The average Bonchev–Trinajstić information content (AvgIpc) is 3.57. The van der Waals surface area contributed by atoms with Gasteiger partial charge in [-0.15, -0.1) is 0 Å². The minimum absolute atomic E-state index is 0.0488. The van der Waals surface area contributed by atoms with Gasteiger partial charge in [0.1, 0.15) is 6.17 Å². The van der Waals surface area contributed by atoms with Gasteiger partial charge in [-0.05, 0) is 46.0 Å². The first-order chi connectivity index (χ1) is 23.1. The number of nitrogens with one attached hydrogen (secondary N) is 2. The van der Waals surface area contributed by atoms with Crippen molar-refractivity contribution in [1.29, 1.82) is 0 Å². The molecule has 270 valence electrons. The van der Waals surface area contributed by atoms with Crippen LogP contribution in [0.4, 0.5) is 0 Å². The lowest BCUT2D eigenvalue weighted by Gasteiger charge is -2.43. The summed E-state index contributed by atoms with van der Waals surface area (Å²) in [4.78, 5) is 46.0. The number of fused-ring (bicyclic) bond motifs is 2. The first kappa shape index (κ1) is 36.9. The highest BCUT2D eigenvalue weighted by atomic mass is 16.7. The molecular formula is C37H65N6O5+3. The summed E-state index contributed by atoms with van der Waals surface area (Å²) in [5.41, 5.74) is 10.5. The molecule has 3 aliphatic carbocycles. The number of nitrogens with two attached hydrogens (primary N) is 4. The Morgan fingerprint density at radius 3 is 2.50 bits per heavy atom. The molecular weight excluding hydrogens is 608 g/mol. The van der Waals surface area contributed by atoms with E-state index in [-0.39, 0.29) is 54.1 Å². The van der Waals surface area contributed by atoms with Crippen molar-refractivity contribution in [3.05, 3.63) is 11.6 Å². The number of carbonyl (C=O) groups is 3. The second-order valence-corrected chi connectivity index (χ2v) is 15.6. The number of hydrogen-bond donors (Lipinski definition) is 6. The number of Topliss-reactive ketones (excluding diaryl/α,β-unsaturated/α-hetero) is 2. The molecule has 0 amide bonds. The zero-order chi connectivity index (χ0) is 34.5. The fourth-order valence-corrected chi connectivity index (χ4v) is 9.87. The van der Waals surface area contributed by atoms with E-state index < -0.39 is 23.1 Å². The van der Waals surface area contributed by atoms with Crippen LogP contribution in [0.1, 0.15) is 111 Å². The lowest BCUT2D eigenvalue weighted by atomic mass is 9.60. The minimum atomic E-state index is -1.83. The van der Waals surface area contributed by atoms with Gasteiger partial charge in [0.2, 0.25) is 0 Å². The van der Waals surface area contributed by atoms with Crippen molar-refractivity contribution in [2.75, 3.05) is 33.3 Å². The molecule has 0 aromatic heterocycles. The fourth-order valence-electron chi connectivity index (χ4n) is 9.87. The van der Waals surface area contributed by atoms with Crippen LogP contribution in [0.2, 0.25) is 0 Å². The van der Waals surface area contributed by atoms with Gasteiger partial charge < -0.3 is 20.1 Å². The molecule has 11 nitrogen and oxygen atoms in total. The minimum Gasteiger partial charge on any atom is -0.463 e. The molecule has 8 atom stereocenters. The zero-order valence-electron chi connectivity index (χ0n) is 30.1. The Labute approximate surface area is 287 Å². The number of esters is 1. The van der Waals surface area contributed by atoms with Crippen LogP contribution < -0.4 is 32.4 Å². The van der Waals surface area contributed by atoms with Gasteiger partial charge in [0, 0.05) is 48.3 Å². The van der Waals surface area contributed by atoms with Crippen LogP contribution in [0.15, 0.2) is 11.6 Å². The van der Waals surface area contributed by atoms with Crippen molar-refractivity contribution in [2.45, 2.75) is 134 Å². The van der Waals surface area contributed by atoms with Gasteiger partial charge in [-0.1, -0.05) is 57.1 Å². The maximum atomic E-state index is 14.4. The number of hydrogen-bond acceptors (Lipinski definition) is 6. The van der Waals surface area contributed by atoms with Crippen LogP contribution in [0.25, 0.3) is 0 Å². The average molecular weight is 674 g/mol. The largest absolute Gasteiger partial charge is 0.463 e. The Kier molecular flexibility index (Phi) is 12.1. The third kappa shape index (κ3) is 6.86. The first-order valence-corrected chi connectivity index (χ1v) is 19.2. The van der Waals surface area contributed by atoms with E-state index in [1.165, 1.54) is 0 Å². The molecule has 5 fully saturated rings. The van der Waals surface area contributed by atoms with Gasteiger partial charge in [-0.3, -0.25) is 31.4 Å². The van der Waals surface area contributed by atoms with Crippen molar-refractivity contribution in [3.63, 3.8) is 0 Å². The fraction of sp³-hybridized carbons (Fsp3) is 0.838. The summed E-state index contributed by atoms with van der Waals surface area (Å²) in [6, 6.07) is 0.0576. The Morgan fingerprint density at radius 1 is 1.15 bits per heavy atom. The van der Waals surface area contributed by atoms with Crippen LogP contribution in [0.5, 0.6) is 0 Å². The number of unbranched alkanes of at least 4 members (excludes halogenated alkanes) is 1. The van der Waals surface area contributed by atoms with E-state index in [9.17, 15) is 14.4 Å². The van der Waals surface area contributed by atoms with Gasteiger partial charge in [0.15, 0.2) is 17.2 Å². The van der Waals surface area contributed by atoms with Crippen molar-refractivity contribution >= 4 is 23.5 Å². The monoisotopic (exact) mass is 673 g/mol. The number of guanidine groups is 1. The van der Waals surface area contributed by atoms with E-state index in [0.29, 0.717) is 24.7 Å². The molecule has 5 aliphatic rings. The van der Waals surface area contributed by atoms with Crippen LogP contribution in [-0.2, 0) is 23.9 Å². The van der Waals surface area contributed by atoms with Crippen molar-refractivity contribution < 1.29 is 39.5 Å². The number of carbonyl (C=O) groups excluding carboxylic acids is 3. The summed E-state index contributed by atoms with van der Waals surface area (Å²) in [6.45, 7) is 9.45. The summed E-state index contributed by atoms with van der Waals surface area (Å²) in [6.07, 6.45) is 14.6. The van der Waals surface area contributed by atoms with Crippen LogP contribution in [0, 0.1) is 29.1 Å². The van der Waals surface area contributed by atoms with E-state index >= 15 is 0 Å².